The number of nitrogens with one attached hydrogen (secondary N) is 1. The molecule has 1 aliphatic heterocycles. The number of aryl methyl sites for hydroxylation is 1. The Hall–Kier alpha value is -2.34. The second kappa shape index (κ2) is 8.99. The highest BCUT2D eigenvalue weighted by Gasteiger charge is 2.29. The fourth-order valence-corrected chi connectivity index (χ4v) is 3.83. The molecule has 1 N–H and O–H groups in total. The van der Waals surface area contributed by atoms with Gasteiger partial charge in [0.25, 0.3) is 5.91 Å². The van der Waals surface area contributed by atoms with Gasteiger partial charge in [0.05, 0.1) is 17.3 Å². The third kappa shape index (κ3) is 5.82. The van der Waals surface area contributed by atoms with E-state index in [-0.39, 0.29) is 23.2 Å². The molecule has 0 radical (unpaired) electrons. The number of carbonyl (C=O) groups excluding carboxylic acids is 1. The quantitative estimate of drug-likeness (QED) is 0.810. The van der Waals surface area contributed by atoms with E-state index in [1.54, 1.807) is 18.3 Å². The number of piperidine rings is 1. The minimum Gasteiger partial charge on any atom is -0.348 e. The average molecular weight is 399 g/mol. The Labute approximate surface area is 172 Å². The first-order valence-corrected chi connectivity index (χ1v) is 10.3. The van der Waals surface area contributed by atoms with Gasteiger partial charge in [-0.25, -0.2) is 14.4 Å². The molecule has 1 aliphatic rings. The van der Waals surface area contributed by atoms with Crippen LogP contribution >= 0.6 is 0 Å². The van der Waals surface area contributed by atoms with Crippen LogP contribution in [0, 0.1) is 18.2 Å². The van der Waals surface area contributed by atoms with Crippen molar-refractivity contribution in [3.8, 4) is 0 Å². The molecule has 0 aliphatic carbocycles. The number of halogens is 1. The number of hydrogen-bond donors (Lipinski definition) is 1. The number of benzene rings is 1. The molecule has 2 aromatic rings. The van der Waals surface area contributed by atoms with Crippen LogP contribution in [0.5, 0.6) is 0 Å². The number of aromatic nitrogens is 2. The maximum absolute atomic E-state index is 13.0. The van der Waals surface area contributed by atoms with Crippen LogP contribution in [0.2, 0.25) is 0 Å². The highest BCUT2D eigenvalue weighted by molar-refractivity contribution is 5.94. The van der Waals surface area contributed by atoms with Gasteiger partial charge in [0.2, 0.25) is 0 Å². The standard InChI is InChI=1S/C23H31FN4O/c1-16-19(22(29)26-13-17-8-10-18(24)11-9-17)14-25-21(27-16)20-7-5-6-12-28(20)15-23(2,3)4/h8-11,14,20H,5-7,12-13,15H2,1-4H3,(H,26,29). The van der Waals surface area contributed by atoms with Gasteiger partial charge in [-0.05, 0) is 49.4 Å². The number of nitrogens with zero attached hydrogens (tertiary/aromatic N) is 3. The van der Waals surface area contributed by atoms with Gasteiger partial charge in [0, 0.05) is 19.3 Å². The maximum Gasteiger partial charge on any atom is 0.254 e. The summed E-state index contributed by atoms with van der Waals surface area (Å²) in [7, 11) is 0. The minimum atomic E-state index is -0.289. The van der Waals surface area contributed by atoms with Gasteiger partial charge in [0.15, 0.2) is 0 Å². The summed E-state index contributed by atoms with van der Waals surface area (Å²) >= 11 is 0. The normalized spacial score (nSPS) is 17.9. The summed E-state index contributed by atoms with van der Waals surface area (Å²) in [6.45, 7) is 11.0. The van der Waals surface area contributed by atoms with Crippen molar-refractivity contribution < 1.29 is 9.18 Å². The van der Waals surface area contributed by atoms with E-state index in [0.29, 0.717) is 17.8 Å². The van der Waals surface area contributed by atoms with Crippen molar-refractivity contribution in [1.82, 2.24) is 20.2 Å². The number of rotatable bonds is 5. The molecule has 6 heteroatoms. The van der Waals surface area contributed by atoms with Crippen LogP contribution < -0.4 is 5.32 Å². The SMILES string of the molecule is Cc1nc(C2CCCCN2CC(C)(C)C)ncc1C(=O)NCc1ccc(F)cc1. The van der Waals surface area contributed by atoms with Crippen LogP contribution in [0.1, 0.15) is 73.5 Å². The molecule has 0 bridgehead atoms. The monoisotopic (exact) mass is 398 g/mol. The van der Waals surface area contributed by atoms with E-state index in [9.17, 15) is 9.18 Å². The molecule has 1 aromatic carbocycles. The smallest absolute Gasteiger partial charge is 0.254 e. The fourth-order valence-electron chi connectivity index (χ4n) is 3.83. The molecule has 1 atom stereocenters. The zero-order valence-electron chi connectivity index (χ0n) is 17.8. The van der Waals surface area contributed by atoms with E-state index < -0.39 is 0 Å². The largest absolute Gasteiger partial charge is 0.348 e. The molecule has 29 heavy (non-hydrogen) atoms. The molecule has 0 spiro atoms. The highest BCUT2D eigenvalue weighted by atomic mass is 19.1. The van der Waals surface area contributed by atoms with Gasteiger partial charge in [0.1, 0.15) is 11.6 Å². The van der Waals surface area contributed by atoms with Crippen LogP contribution in [0.4, 0.5) is 4.39 Å². The van der Waals surface area contributed by atoms with Gasteiger partial charge in [-0.3, -0.25) is 9.69 Å². The second-order valence-electron chi connectivity index (χ2n) is 9.08. The summed E-state index contributed by atoms with van der Waals surface area (Å²) in [4.78, 5) is 24.3. The summed E-state index contributed by atoms with van der Waals surface area (Å²) in [5, 5.41) is 2.86. The average Bonchev–Trinajstić information content (AvgIpc) is 2.66. The van der Waals surface area contributed by atoms with Crippen molar-refractivity contribution in [3.05, 3.63) is 58.9 Å². The van der Waals surface area contributed by atoms with Gasteiger partial charge in [-0.15, -0.1) is 0 Å². The molecule has 1 aromatic heterocycles. The summed E-state index contributed by atoms with van der Waals surface area (Å²) in [5.74, 6) is 0.304. The van der Waals surface area contributed by atoms with E-state index in [1.165, 1.54) is 25.0 Å². The molecule has 5 nitrogen and oxygen atoms in total. The Balaban J connectivity index is 1.69. The van der Waals surface area contributed by atoms with Gasteiger partial charge in [-0.1, -0.05) is 39.3 Å². The Bertz CT molecular complexity index is 845. The predicted molar refractivity (Wildman–Crippen MR) is 112 cm³/mol. The number of hydrogen-bond acceptors (Lipinski definition) is 4. The predicted octanol–water partition coefficient (Wildman–Crippen LogP) is 4.43. The molecular formula is C23H31FN4O. The highest BCUT2D eigenvalue weighted by Crippen LogP contribution is 2.32. The topological polar surface area (TPSA) is 58.1 Å². The lowest BCUT2D eigenvalue weighted by Crippen LogP contribution is -2.40. The summed E-state index contributed by atoms with van der Waals surface area (Å²) in [6, 6.07) is 6.30. The van der Waals surface area contributed by atoms with Crippen molar-refractivity contribution in [2.75, 3.05) is 13.1 Å². The lowest BCUT2D eigenvalue weighted by atomic mass is 9.92. The molecule has 2 heterocycles. The van der Waals surface area contributed by atoms with Crippen molar-refractivity contribution in [1.29, 1.82) is 0 Å². The lowest BCUT2D eigenvalue weighted by molar-refractivity contribution is 0.0944. The Kier molecular flexibility index (Phi) is 6.63. The fraction of sp³-hybridized carbons (Fsp3) is 0.522. The van der Waals surface area contributed by atoms with E-state index in [4.69, 9.17) is 4.98 Å². The second-order valence-corrected chi connectivity index (χ2v) is 9.08. The number of amides is 1. The van der Waals surface area contributed by atoms with Crippen LogP contribution in [0.15, 0.2) is 30.5 Å². The third-order valence-corrected chi connectivity index (χ3v) is 5.20. The van der Waals surface area contributed by atoms with Crippen LogP contribution in [0.3, 0.4) is 0 Å². The Morgan fingerprint density at radius 2 is 1.97 bits per heavy atom. The molecule has 1 amide bonds. The zero-order chi connectivity index (χ0) is 21.0. The molecular weight excluding hydrogens is 367 g/mol. The molecule has 3 rings (SSSR count). The van der Waals surface area contributed by atoms with Crippen molar-refractivity contribution in [3.63, 3.8) is 0 Å². The molecule has 0 saturated carbocycles. The van der Waals surface area contributed by atoms with Crippen molar-refractivity contribution in [2.45, 2.75) is 59.5 Å². The Morgan fingerprint density at radius 1 is 1.24 bits per heavy atom. The first-order valence-electron chi connectivity index (χ1n) is 10.3. The minimum absolute atomic E-state index is 0.206. The van der Waals surface area contributed by atoms with Crippen LogP contribution in [-0.4, -0.2) is 33.9 Å². The van der Waals surface area contributed by atoms with E-state index in [1.807, 2.05) is 6.92 Å². The van der Waals surface area contributed by atoms with Crippen LogP contribution in [0.25, 0.3) is 0 Å². The van der Waals surface area contributed by atoms with Crippen molar-refractivity contribution >= 4 is 5.91 Å². The third-order valence-electron chi connectivity index (χ3n) is 5.20. The zero-order valence-corrected chi connectivity index (χ0v) is 17.8. The molecule has 1 saturated heterocycles. The summed E-state index contributed by atoms with van der Waals surface area (Å²) in [5.41, 5.74) is 2.22. The molecule has 1 unspecified atom stereocenters. The lowest BCUT2D eigenvalue weighted by Gasteiger charge is -2.38. The van der Waals surface area contributed by atoms with Crippen molar-refractivity contribution in [2.24, 2.45) is 5.41 Å². The maximum atomic E-state index is 13.0. The first-order chi connectivity index (χ1) is 13.7. The Morgan fingerprint density at radius 3 is 2.62 bits per heavy atom. The van der Waals surface area contributed by atoms with E-state index in [2.05, 4.69) is 36.0 Å². The molecule has 1 fully saturated rings. The van der Waals surface area contributed by atoms with E-state index in [0.717, 1.165) is 30.9 Å². The number of likely N-dealkylation sites (tertiary alicyclic amines) is 1. The van der Waals surface area contributed by atoms with E-state index >= 15 is 0 Å². The van der Waals surface area contributed by atoms with Gasteiger partial charge in [-0.2, -0.15) is 0 Å². The first kappa shape index (κ1) is 21.4. The molecule has 156 valence electrons. The van der Waals surface area contributed by atoms with Crippen LogP contribution in [-0.2, 0) is 6.54 Å². The van der Waals surface area contributed by atoms with Gasteiger partial charge < -0.3 is 5.32 Å². The number of carbonyl (C=O) groups is 1. The summed E-state index contributed by atoms with van der Waals surface area (Å²) < 4.78 is 13.0. The van der Waals surface area contributed by atoms with Gasteiger partial charge >= 0.3 is 0 Å². The summed E-state index contributed by atoms with van der Waals surface area (Å²) in [6.07, 6.45) is 5.07.